The summed E-state index contributed by atoms with van der Waals surface area (Å²) >= 11 is 18.8. The molecule has 0 aliphatic heterocycles. The maximum Gasteiger partial charge on any atom is 0.277 e. The number of amides is 1. The average Bonchev–Trinajstić information content (AvgIpc) is 3.10. The minimum absolute atomic E-state index is 0.0820. The lowest BCUT2D eigenvalue weighted by atomic mass is 10.3. The molecule has 6 nitrogen and oxygen atoms in total. The highest BCUT2D eigenvalue weighted by Gasteiger charge is 2.12. The number of halogens is 3. The van der Waals surface area contributed by atoms with Crippen molar-refractivity contribution >= 4 is 58.2 Å². The van der Waals surface area contributed by atoms with Crippen LogP contribution in [0.25, 0.3) is 0 Å². The third kappa shape index (κ3) is 6.04. The Balaban J connectivity index is 1.47. The van der Waals surface area contributed by atoms with E-state index in [1.165, 1.54) is 0 Å². The lowest BCUT2D eigenvalue weighted by molar-refractivity contribution is -0.113. The molecule has 0 unspecified atom stereocenters. The number of nitrogens with zero attached hydrogens (tertiary/aromatic N) is 2. The summed E-state index contributed by atoms with van der Waals surface area (Å²) in [5.74, 6) is 0.750. The lowest BCUT2D eigenvalue weighted by Crippen LogP contribution is -2.14. The van der Waals surface area contributed by atoms with Crippen LogP contribution in [0.2, 0.25) is 15.1 Å². The Bertz CT molecular complexity index is 935. The fourth-order valence-corrected chi connectivity index (χ4v) is 3.10. The molecule has 140 valence electrons. The van der Waals surface area contributed by atoms with Crippen molar-refractivity contribution in [3.8, 4) is 5.75 Å². The van der Waals surface area contributed by atoms with Gasteiger partial charge in [0.1, 0.15) is 5.75 Å². The summed E-state index contributed by atoms with van der Waals surface area (Å²) in [4.78, 5) is 12.0. The third-order valence-corrected chi connectivity index (χ3v) is 4.77. The zero-order chi connectivity index (χ0) is 19.2. The molecule has 0 bridgehead atoms. The summed E-state index contributed by atoms with van der Waals surface area (Å²) < 4.78 is 11.0. The first kappa shape index (κ1) is 19.8. The maximum absolute atomic E-state index is 12.0. The molecule has 0 aliphatic rings. The van der Waals surface area contributed by atoms with Gasteiger partial charge in [-0.3, -0.25) is 4.79 Å². The Morgan fingerprint density at radius 3 is 2.56 bits per heavy atom. The Morgan fingerprint density at radius 2 is 1.81 bits per heavy atom. The van der Waals surface area contributed by atoms with Crippen molar-refractivity contribution in [2.45, 2.75) is 11.8 Å². The number of carbonyl (C=O) groups excluding carboxylic acids is 1. The first-order valence-corrected chi connectivity index (χ1v) is 9.70. The van der Waals surface area contributed by atoms with Crippen LogP contribution in [-0.4, -0.2) is 21.9 Å². The van der Waals surface area contributed by atoms with Crippen molar-refractivity contribution < 1.29 is 13.9 Å². The molecule has 1 heterocycles. The van der Waals surface area contributed by atoms with Crippen LogP contribution >= 0.6 is 46.6 Å². The van der Waals surface area contributed by atoms with Gasteiger partial charge in [-0.25, -0.2) is 0 Å². The predicted octanol–water partition coefficient (Wildman–Crippen LogP) is 5.34. The van der Waals surface area contributed by atoms with Crippen LogP contribution in [0.3, 0.4) is 0 Å². The molecule has 10 heteroatoms. The van der Waals surface area contributed by atoms with E-state index in [1.807, 2.05) is 0 Å². The highest BCUT2D eigenvalue weighted by molar-refractivity contribution is 7.99. The van der Waals surface area contributed by atoms with Crippen molar-refractivity contribution in [1.82, 2.24) is 10.2 Å². The number of thioether (sulfide) groups is 1. The van der Waals surface area contributed by atoms with Gasteiger partial charge in [0.2, 0.25) is 5.91 Å². The molecule has 2 aromatic carbocycles. The number of nitrogens with one attached hydrogen (secondary N) is 1. The number of anilines is 1. The Morgan fingerprint density at radius 1 is 1.07 bits per heavy atom. The molecule has 27 heavy (non-hydrogen) atoms. The summed E-state index contributed by atoms with van der Waals surface area (Å²) in [6, 6.07) is 11.7. The molecule has 1 N–H and O–H groups in total. The number of hydrogen-bond donors (Lipinski definition) is 1. The molecular weight excluding hydrogens is 433 g/mol. The standard InChI is InChI=1S/C17H12Cl3N3O3S/c18-10-1-4-12(5-2-10)25-8-16-22-23-17(26-16)27-9-15(24)21-14-6-3-11(19)7-13(14)20/h1-7H,8-9H2,(H,21,24). The van der Waals surface area contributed by atoms with Crippen LogP contribution in [0.5, 0.6) is 5.75 Å². The number of hydrogen-bond acceptors (Lipinski definition) is 6. The molecule has 0 radical (unpaired) electrons. The molecule has 3 rings (SSSR count). The lowest BCUT2D eigenvalue weighted by Gasteiger charge is -2.06. The van der Waals surface area contributed by atoms with Crippen LogP contribution in [0.1, 0.15) is 5.89 Å². The summed E-state index contributed by atoms with van der Waals surface area (Å²) in [5, 5.41) is 12.2. The number of aromatic nitrogens is 2. The number of ether oxygens (including phenoxy) is 1. The second-order valence-electron chi connectivity index (χ2n) is 5.17. The van der Waals surface area contributed by atoms with Crippen LogP contribution in [0.15, 0.2) is 52.1 Å². The van der Waals surface area contributed by atoms with Crippen LogP contribution in [0, 0.1) is 0 Å². The first-order chi connectivity index (χ1) is 13.0. The third-order valence-electron chi connectivity index (χ3n) is 3.16. The van der Waals surface area contributed by atoms with Gasteiger partial charge in [0, 0.05) is 10.0 Å². The zero-order valence-electron chi connectivity index (χ0n) is 13.6. The van der Waals surface area contributed by atoms with E-state index in [0.717, 1.165) is 11.8 Å². The molecule has 1 aromatic heterocycles. The summed E-state index contributed by atoms with van der Waals surface area (Å²) in [6.45, 7) is 0.113. The topological polar surface area (TPSA) is 77.2 Å². The molecular formula is C17H12Cl3N3O3S. The van der Waals surface area contributed by atoms with Gasteiger partial charge in [0.05, 0.1) is 16.5 Å². The van der Waals surface area contributed by atoms with E-state index in [1.54, 1.807) is 42.5 Å². The molecule has 0 spiro atoms. The fraction of sp³-hybridized carbons (Fsp3) is 0.118. The zero-order valence-corrected chi connectivity index (χ0v) is 16.7. The molecule has 0 atom stereocenters. The van der Waals surface area contributed by atoms with Crippen molar-refractivity contribution in [2.24, 2.45) is 0 Å². The van der Waals surface area contributed by atoms with Gasteiger partial charge < -0.3 is 14.5 Å². The van der Waals surface area contributed by atoms with E-state index in [0.29, 0.717) is 32.4 Å². The van der Waals surface area contributed by atoms with Crippen molar-refractivity contribution in [3.05, 3.63) is 63.4 Å². The monoisotopic (exact) mass is 443 g/mol. The molecule has 0 saturated heterocycles. The van der Waals surface area contributed by atoms with Gasteiger partial charge in [0.25, 0.3) is 11.1 Å². The van der Waals surface area contributed by atoms with Crippen LogP contribution < -0.4 is 10.1 Å². The van der Waals surface area contributed by atoms with E-state index in [9.17, 15) is 4.79 Å². The van der Waals surface area contributed by atoms with E-state index < -0.39 is 0 Å². The number of carbonyl (C=O) groups is 1. The SMILES string of the molecule is O=C(CSc1nnc(COc2ccc(Cl)cc2)o1)Nc1ccc(Cl)cc1Cl. The van der Waals surface area contributed by atoms with Gasteiger partial charge in [-0.05, 0) is 42.5 Å². The second kappa shape index (κ2) is 9.32. The van der Waals surface area contributed by atoms with Gasteiger partial charge >= 0.3 is 0 Å². The molecule has 0 saturated carbocycles. The predicted molar refractivity (Wildman–Crippen MR) is 106 cm³/mol. The van der Waals surface area contributed by atoms with Crippen molar-refractivity contribution in [1.29, 1.82) is 0 Å². The van der Waals surface area contributed by atoms with Crippen molar-refractivity contribution in [2.75, 3.05) is 11.1 Å². The molecule has 0 aliphatic carbocycles. The van der Waals surface area contributed by atoms with E-state index in [-0.39, 0.29) is 23.5 Å². The first-order valence-electron chi connectivity index (χ1n) is 7.58. The molecule has 3 aromatic rings. The van der Waals surface area contributed by atoms with Crippen LogP contribution in [0.4, 0.5) is 5.69 Å². The van der Waals surface area contributed by atoms with Gasteiger partial charge in [-0.15, -0.1) is 10.2 Å². The normalized spacial score (nSPS) is 10.6. The summed E-state index contributed by atoms with van der Waals surface area (Å²) in [6.07, 6.45) is 0. The molecule has 1 amide bonds. The highest BCUT2D eigenvalue weighted by atomic mass is 35.5. The largest absolute Gasteiger partial charge is 0.484 e. The van der Waals surface area contributed by atoms with Gasteiger partial charge in [-0.1, -0.05) is 46.6 Å². The van der Waals surface area contributed by atoms with Crippen molar-refractivity contribution in [3.63, 3.8) is 0 Å². The minimum Gasteiger partial charge on any atom is -0.484 e. The summed E-state index contributed by atoms with van der Waals surface area (Å²) in [5.41, 5.74) is 0.481. The van der Waals surface area contributed by atoms with Gasteiger partial charge in [0.15, 0.2) is 6.61 Å². The van der Waals surface area contributed by atoms with Crippen LogP contribution in [-0.2, 0) is 11.4 Å². The van der Waals surface area contributed by atoms with E-state index >= 15 is 0 Å². The summed E-state index contributed by atoms with van der Waals surface area (Å²) in [7, 11) is 0. The Hall–Kier alpha value is -1.93. The number of rotatable bonds is 7. The fourth-order valence-electron chi connectivity index (χ4n) is 1.94. The van der Waals surface area contributed by atoms with E-state index in [4.69, 9.17) is 44.0 Å². The smallest absolute Gasteiger partial charge is 0.277 e. The van der Waals surface area contributed by atoms with E-state index in [2.05, 4.69) is 15.5 Å². The average molecular weight is 445 g/mol. The minimum atomic E-state index is -0.263. The number of benzene rings is 2. The Kier molecular flexibility index (Phi) is 6.84. The maximum atomic E-state index is 12.0. The quantitative estimate of drug-likeness (QED) is 0.496. The Labute approximate surface area is 174 Å². The molecule has 0 fully saturated rings. The highest BCUT2D eigenvalue weighted by Crippen LogP contribution is 2.26. The van der Waals surface area contributed by atoms with Gasteiger partial charge in [-0.2, -0.15) is 0 Å². The second-order valence-corrected chi connectivity index (χ2v) is 7.37.